The molecule has 1 heteroatoms. The average Bonchev–Trinajstić information content (AvgIpc) is 2.22. The number of hydrogen-bond donors (Lipinski definition) is 1. The Bertz CT molecular complexity index is 284. The van der Waals surface area contributed by atoms with Gasteiger partial charge in [-0.25, -0.2) is 0 Å². The zero-order chi connectivity index (χ0) is 12.2. The lowest BCUT2D eigenvalue weighted by Gasteiger charge is -2.36. The molecule has 0 saturated heterocycles. The van der Waals surface area contributed by atoms with Crippen LogP contribution in [-0.4, -0.2) is 10.7 Å². The van der Waals surface area contributed by atoms with Gasteiger partial charge in [-0.1, -0.05) is 30.2 Å². The van der Waals surface area contributed by atoms with Crippen molar-refractivity contribution in [2.75, 3.05) is 0 Å². The predicted octanol–water partition coefficient (Wildman–Crippen LogP) is 4.23. The molecule has 16 heavy (non-hydrogen) atoms. The quantitative estimate of drug-likeness (QED) is 0.706. The van der Waals surface area contributed by atoms with E-state index in [9.17, 15) is 5.11 Å². The highest BCUT2D eigenvalue weighted by molar-refractivity contribution is 5.09. The summed E-state index contributed by atoms with van der Waals surface area (Å²) in [6.07, 6.45) is 9.50. The standard InChI is InChI=1S/C15H26O/c1-12(2)6-5-7-14(4)15(16)10-8-13(3)9-11-15/h6,8,14,16H,5,7,9-11H2,1-4H3/t14-,15-/m1/s1. The maximum absolute atomic E-state index is 10.6. The highest BCUT2D eigenvalue weighted by Gasteiger charge is 2.33. The summed E-state index contributed by atoms with van der Waals surface area (Å²) in [5.74, 6) is 0.396. The predicted molar refractivity (Wildman–Crippen MR) is 70.4 cm³/mol. The third-order valence-corrected chi connectivity index (χ3v) is 3.83. The molecule has 0 amide bonds. The first kappa shape index (κ1) is 13.5. The van der Waals surface area contributed by atoms with E-state index in [4.69, 9.17) is 0 Å². The molecular formula is C15H26O. The molecule has 0 aromatic rings. The molecule has 0 unspecified atom stereocenters. The summed E-state index contributed by atoms with van der Waals surface area (Å²) in [4.78, 5) is 0. The molecule has 0 radical (unpaired) electrons. The van der Waals surface area contributed by atoms with E-state index in [1.165, 1.54) is 11.1 Å². The molecule has 2 atom stereocenters. The molecule has 0 spiro atoms. The van der Waals surface area contributed by atoms with Gasteiger partial charge < -0.3 is 5.11 Å². The van der Waals surface area contributed by atoms with Gasteiger partial charge in [0.05, 0.1) is 5.60 Å². The topological polar surface area (TPSA) is 20.2 Å². The van der Waals surface area contributed by atoms with Gasteiger partial charge in [0.1, 0.15) is 0 Å². The molecule has 0 aromatic carbocycles. The van der Waals surface area contributed by atoms with Crippen molar-refractivity contribution in [2.45, 2.75) is 65.4 Å². The van der Waals surface area contributed by atoms with Crippen molar-refractivity contribution < 1.29 is 5.11 Å². The minimum atomic E-state index is -0.449. The van der Waals surface area contributed by atoms with Gasteiger partial charge in [-0.2, -0.15) is 0 Å². The molecule has 0 aromatic heterocycles. The number of aliphatic hydroxyl groups is 1. The van der Waals surface area contributed by atoms with Crippen molar-refractivity contribution in [3.8, 4) is 0 Å². The first-order valence-corrected chi connectivity index (χ1v) is 6.45. The Morgan fingerprint density at radius 2 is 2.25 bits per heavy atom. The zero-order valence-electron chi connectivity index (χ0n) is 11.2. The summed E-state index contributed by atoms with van der Waals surface area (Å²) < 4.78 is 0. The molecule has 0 bridgehead atoms. The van der Waals surface area contributed by atoms with E-state index in [0.29, 0.717) is 5.92 Å². The van der Waals surface area contributed by atoms with Crippen molar-refractivity contribution in [2.24, 2.45) is 5.92 Å². The van der Waals surface area contributed by atoms with Crippen molar-refractivity contribution >= 4 is 0 Å². The van der Waals surface area contributed by atoms with Crippen LogP contribution in [0.5, 0.6) is 0 Å². The van der Waals surface area contributed by atoms with Crippen LogP contribution in [0.25, 0.3) is 0 Å². The minimum absolute atomic E-state index is 0.396. The van der Waals surface area contributed by atoms with Crippen LogP contribution in [0.15, 0.2) is 23.3 Å². The van der Waals surface area contributed by atoms with E-state index in [2.05, 4.69) is 39.8 Å². The largest absolute Gasteiger partial charge is 0.389 e. The Balaban J connectivity index is 2.47. The number of rotatable bonds is 4. The van der Waals surface area contributed by atoms with Gasteiger partial charge in [0.25, 0.3) is 0 Å². The fourth-order valence-electron chi connectivity index (χ4n) is 2.31. The van der Waals surface area contributed by atoms with Crippen LogP contribution >= 0.6 is 0 Å². The lowest BCUT2D eigenvalue weighted by atomic mass is 9.75. The van der Waals surface area contributed by atoms with Gasteiger partial charge in [0.2, 0.25) is 0 Å². The monoisotopic (exact) mass is 222 g/mol. The first-order valence-electron chi connectivity index (χ1n) is 6.45. The second-order valence-corrected chi connectivity index (χ2v) is 5.62. The van der Waals surface area contributed by atoms with Crippen molar-refractivity contribution in [1.29, 1.82) is 0 Å². The third kappa shape index (κ3) is 3.79. The van der Waals surface area contributed by atoms with Gasteiger partial charge in [-0.3, -0.25) is 0 Å². The summed E-state index contributed by atoms with van der Waals surface area (Å²) in [6, 6.07) is 0. The Hall–Kier alpha value is -0.560. The van der Waals surface area contributed by atoms with Crippen LogP contribution in [-0.2, 0) is 0 Å². The van der Waals surface area contributed by atoms with Crippen LogP contribution in [0.4, 0.5) is 0 Å². The van der Waals surface area contributed by atoms with Crippen molar-refractivity contribution in [1.82, 2.24) is 0 Å². The molecular weight excluding hydrogens is 196 g/mol. The molecule has 0 heterocycles. The molecule has 0 saturated carbocycles. The Kier molecular flexibility index (Phi) is 4.79. The van der Waals surface area contributed by atoms with E-state index in [1.807, 2.05) is 0 Å². The molecule has 1 nitrogen and oxygen atoms in total. The van der Waals surface area contributed by atoms with E-state index in [1.54, 1.807) is 0 Å². The second kappa shape index (κ2) is 5.67. The maximum Gasteiger partial charge on any atom is 0.0710 e. The summed E-state index contributed by atoms with van der Waals surface area (Å²) in [5.41, 5.74) is 2.36. The number of allylic oxidation sites excluding steroid dienone is 3. The van der Waals surface area contributed by atoms with Gasteiger partial charge in [0.15, 0.2) is 0 Å². The molecule has 1 rings (SSSR count). The van der Waals surface area contributed by atoms with Crippen molar-refractivity contribution in [3.63, 3.8) is 0 Å². The molecule has 1 aliphatic rings. The molecule has 0 aliphatic heterocycles. The Morgan fingerprint density at radius 1 is 1.56 bits per heavy atom. The molecule has 0 fully saturated rings. The summed E-state index contributed by atoms with van der Waals surface area (Å²) in [7, 11) is 0. The third-order valence-electron chi connectivity index (χ3n) is 3.83. The van der Waals surface area contributed by atoms with Gasteiger partial charge in [0, 0.05) is 0 Å². The molecule has 92 valence electrons. The lowest BCUT2D eigenvalue weighted by molar-refractivity contribution is -0.0234. The van der Waals surface area contributed by atoms with Gasteiger partial charge >= 0.3 is 0 Å². The normalized spacial score (nSPS) is 27.2. The smallest absolute Gasteiger partial charge is 0.0710 e. The van der Waals surface area contributed by atoms with Crippen LogP contribution in [0.3, 0.4) is 0 Å². The molecule has 1 aliphatic carbocycles. The van der Waals surface area contributed by atoms with Crippen molar-refractivity contribution in [3.05, 3.63) is 23.3 Å². The maximum atomic E-state index is 10.6. The number of hydrogen-bond acceptors (Lipinski definition) is 1. The van der Waals surface area contributed by atoms with E-state index < -0.39 is 5.60 Å². The first-order chi connectivity index (χ1) is 7.44. The fourth-order valence-corrected chi connectivity index (χ4v) is 2.31. The fraction of sp³-hybridized carbons (Fsp3) is 0.733. The van der Waals surface area contributed by atoms with Gasteiger partial charge in [-0.05, 0) is 58.8 Å². The SMILES string of the molecule is CC(C)=CCC[C@@H](C)[C@@]1(O)CC=C(C)CC1. The lowest BCUT2D eigenvalue weighted by Crippen LogP contribution is -2.37. The van der Waals surface area contributed by atoms with E-state index in [-0.39, 0.29) is 0 Å². The highest BCUT2D eigenvalue weighted by atomic mass is 16.3. The summed E-state index contributed by atoms with van der Waals surface area (Å²) in [5, 5.41) is 10.6. The van der Waals surface area contributed by atoms with E-state index >= 15 is 0 Å². The highest BCUT2D eigenvalue weighted by Crippen LogP contribution is 2.35. The second-order valence-electron chi connectivity index (χ2n) is 5.62. The minimum Gasteiger partial charge on any atom is -0.389 e. The van der Waals surface area contributed by atoms with Crippen LogP contribution in [0.1, 0.15) is 59.8 Å². The summed E-state index contributed by atoms with van der Waals surface area (Å²) in [6.45, 7) is 8.61. The Labute approximate surface area is 100 Å². The van der Waals surface area contributed by atoms with Crippen LogP contribution < -0.4 is 0 Å². The van der Waals surface area contributed by atoms with Gasteiger partial charge in [-0.15, -0.1) is 0 Å². The average molecular weight is 222 g/mol. The van der Waals surface area contributed by atoms with Crippen LogP contribution in [0, 0.1) is 5.92 Å². The van der Waals surface area contributed by atoms with E-state index in [0.717, 1.165) is 32.1 Å². The van der Waals surface area contributed by atoms with Crippen LogP contribution in [0.2, 0.25) is 0 Å². The Morgan fingerprint density at radius 3 is 2.75 bits per heavy atom. The summed E-state index contributed by atoms with van der Waals surface area (Å²) >= 11 is 0. The zero-order valence-corrected chi connectivity index (χ0v) is 11.2. The molecule has 1 N–H and O–H groups in total.